The first-order valence-electron chi connectivity index (χ1n) is 10.6. The van der Waals surface area contributed by atoms with E-state index in [0.29, 0.717) is 17.9 Å². The molecule has 1 saturated carbocycles. The predicted molar refractivity (Wildman–Crippen MR) is 119 cm³/mol. The Morgan fingerprint density at radius 3 is 2.74 bits per heavy atom. The Kier molecular flexibility index (Phi) is 6.52. The number of carbonyl (C=O) groups is 1. The van der Waals surface area contributed by atoms with Gasteiger partial charge in [-0.15, -0.1) is 0 Å². The van der Waals surface area contributed by atoms with Crippen molar-refractivity contribution in [3.05, 3.63) is 71.8 Å². The van der Waals surface area contributed by atoms with E-state index < -0.39 is 6.10 Å². The second kappa shape index (κ2) is 9.66. The van der Waals surface area contributed by atoms with Gasteiger partial charge in [0.2, 0.25) is 0 Å². The van der Waals surface area contributed by atoms with Gasteiger partial charge in [0.05, 0.1) is 17.8 Å². The van der Waals surface area contributed by atoms with Crippen molar-refractivity contribution in [3.8, 4) is 11.4 Å². The van der Waals surface area contributed by atoms with Gasteiger partial charge < -0.3 is 15.7 Å². The van der Waals surface area contributed by atoms with Gasteiger partial charge in [-0.2, -0.15) is 0 Å². The summed E-state index contributed by atoms with van der Waals surface area (Å²) in [6.07, 6.45) is 10.0. The van der Waals surface area contributed by atoms with Crippen LogP contribution < -0.4 is 10.6 Å². The quantitative estimate of drug-likeness (QED) is 0.568. The molecular weight excluding hydrogens is 390 g/mol. The number of carbonyl (C=O) groups excluding carboxylic acids is 1. The Morgan fingerprint density at radius 1 is 1.13 bits per heavy atom. The van der Waals surface area contributed by atoms with Crippen LogP contribution in [0.1, 0.15) is 47.2 Å². The predicted octanol–water partition coefficient (Wildman–Crippen LogP) is 3.49. The van der Waals surface area contributed by atoms with Gasteiger partial charge in [-0.3, -0.25) is 9.78 Å². The van der Waals surface area contributed by atoms with Gasteiger partial charge in [0.25, 0.3) is 5.91 Å². The van der Waals surface area contributed by atoms with Crippen LogP contribution in [0, 0.1) is 6.92 Å². The smallest absolute Gasteiger partial charge is 0.251 e. The summed E-state index contributed by atoms with van der Waals surface area (Å²) in [6.45, 7) is 2.58. The Morgan fingerprint density at radius 2 is 1.94 bits per heavy atom. The summed E-state index contributed by atoms with van der Waals surface area (Å²) in [5.41, 5.74) is 4.41. The molecule has 7 nitrogen and oxygen atoms in total. The first-order chi connectivity index (χ1) is 15.1. The number of pyridine rings is 1. The maximum atomic E-state index is 12.7. The van der Waals surface area contributed by atoms with E-state index in [1.165, 1.54) is 0 Å². The van der Waals surface area contributed by atoms with Gasteiger partial charge in [-0.1, -0.05) is 18.9 Å². The molecule has 0 radical (unpaired) electrons. The third-order valence-electron chi connectivity index (χ3n) is 5.70. The minimum atomic E-state index is -0.461. The second-order valence-corrected chi connectivity index (χ2v) is 7.96. The number of hydrogen-bond acceptors (Lipinski definition) is 6. The van der Waals surface area contributed by atoms with Gasteiger partial charge in [-0.05, 0) is 55.2 Å². The van der Waals surface area contributed by atoms with E-state index in [1.54, 1.807) is 30.9 Å². The van der Waals surface area contributed by atoms with E-state index in [-0.39, 0.29) is 11.9 Å². The van der Waals surface area contributed by atoms with Crippen LogP contribution in [0.3, 0.4) is 0 Å². The summed E-state index contributed by atoms with van der Waals surface area (Å²) in [5, 5.41) is 16.5. The minimum Gasteiger partial charge on any atom is -0.391 e. The first kappa shape index (κ1) is 20.9. The molecule has 1 aromatic carbocycles. The van der Waals surface area contributed by atoms with Gasteiger partial charge in [0.15, 0.2) is 5.82 Å². The molecule has 0 aliphatic heterocycles. The number of nitrogens with one attached hydrogen (secondary N) is 2. The number of nitrogens with zero attached hydrogens (tertiary/aromatic N) is 3. The lowest BCUT2D eigenvalue weighted by atomic mass is 9.92. The van der Waals surface area contributed by atoms with Crippen LogP contribution in [0.2, 0.25) is 0 Å². The van der Waals surface area contributed by atoms with Gasteiger partial charge in [-0.25, -0.2) is 9.97 Å². The lowest BCUT2D eigenvalue weighted by molar-refractivity contribution is 0.0717. The molecule has 31 heavy (non-hydrogen) atoms. The molecule has 3 N–H and O–H groups in total. The van der Waals surface area contributed by atoms with Crippen molar-refractivity contribution in [2.75, 3.05) is 5.32 Å². The first-order valence-corrected chi connectivity index (χ1v) is 10.6. The molecule has 0 unspecified atom stereocenters. The van der Waals surface area contributed by atoms with Crippen molar-refractivity contribution in [2.24, 2.45) is 0 Å². The molecule has 1 aliphatic carbocycles. The van der Waals surface area contributed by atoms with Crippen molar-refractivity contribution in [1.29, 1.82) is 0 Å². The standard InChI is InChI=1S/C24H27N5O2/c1-16-7-8-17(24(31)29-21-5-2-3-6-22(21)30)11-18(16)14-28-20-12-19(13-25-15-20)23-26-9-4-10-27-23/h4,7-13,15,21-22,28,30H,2-3,5-6,14H2,1H3,(H,29,31)/t21-,22-/m1/s1. The molecule has 0 spiro atoms. The van der Waals surface area contributed by atoms with E-state index >= 15 is 0 Å². The molecule has 7 heteroatoms. The SMILES string of the molecule is Cc1ccc(C(=O)N[C@@H]2CCCC[C@H]2O)cc1CNc1cncc(-c2ncccn2)c1. The van der Waals surface area contributed by atoms with Crippen LogP contribution in [0.4, 0.5) is 5.69 Å². The highest BCUT2D eigenvalue weighted by atomic mass is 16.3. The van der Waals surface area contributed by atoms with Crippen LogP contribution >= 0.6 is 0 Å². The fraction of sp³-hybridized carbons (Fsp3) is 0.333. The van der Waals surface area contributed by atoms with Crippen molar-refractivity contribution < 1.29 is 9.90 Å². The molecule has 2 heterocycles. The molecule has 1 fully saturated rings. The molecule has 0 bridgehead atoms. The van der Waals surface area contributed by atoms with Crippen LogP contribution in [0.25, 0.3) is 11.4 Å². The molecule has 2 aromatic heterocycles. The summed E-state index contributed by atoms with van der Waals surface area (Å²) in [6, 6.07) is 9.26. The molecular formula is C24H27N5O2. The van der Waals surface area contributed by atoms with Crippen molar-refractivity contribution >= 4 is 11.6 Å². The summed E-state index contributed by atoms with van der Waals surface area (Å²) in [7, 11) is 0. The lowest BCUT2D eigenvalue weighted by Gasteiger charge is -2.28. The molecule has 3 aromatic rings. The Labute approximate surface area is 182 Å². The van der Waals surface area contributed by atoms with Gasteiger partial charge in [0, 0.05) is 42.5 Å². The summed E-state index contributed by atoms with van der Waals surface area (Å²) in [4.78, 5) is 25.5. The maximum Gasteiger partial charge on any atom is 0.251 e. The highest BCUT2D eigenvalue weighted by Crippen LogP contribution is 2.21. The number of aliphatic hydroxyl groups excluding tert-OH is 1. The zero-order chi connectivity index (χ0) is 21.6. The number of benzene rings is 1. The summed E-state index contributed by atoms with van der Waals surface area (Å²) >= 11 is 0. The monoisotopic (exact) mass is 417 g/mol. The van der Waals surface area contributed by atoms with Gasteiger partial charge >= 0.3 is 0 Å². The Bertz CT molecular complexity index is 1040. The third kappa shape index (κ3) is 5.24. The Balaban J connectivity index is 1.44. The fourth-order valence-electron chi connectivity index (χ4n) is 3.84. The zero-order valence-electron chi connectivity index (χ0n) is 17.6. The second-order valence-electron chi connectivity index (χ2n) is 7.96. The lowest BCUT2D eigenvalue weighted by Crippen LogP contribution is -2.45. The third-order valence-corrected chi connectivity index (χ3v) is 5.70. The topological polar surface area (TPSA) is 100 Å². The molecule has 2 atom stereocenters. The average Bonchev–Trinajstić information content (AvgIpc) is 2.81. The zero-order valence-corrected chi connectivity index (χ0v) is 17.6. The molecule has 160 valence electrons. The van der Waals surface area contributed by atoms with Crippen LogP contribution in [-0.4, -0.2) is 38.1 Å². The van der Waals surface area contributed by atoms with E-state index in [0.717, 1.165) is 48.1 Å². The van der Waals surface area contributed by atoms with Gasteiger partial charge in [0.1, 0.15) is 0 Å². The van der Waals surface area contributed by atoms with Crippen molar-refractivity contribution in [2.45, 2.75) is 51.3 Å². The van der Waals surface area contributed by atoms with Crippen molar-refractivity contribution in [3.63, 3.8) is 0 Å². The van der Waals surface area contributed by atoms with Crippen molar-refractivity contribution in [1.82, 2.24) is 20.3 Å². The summed E-state index contributed by atoms with van der Waals surface area (Å²) < 4.78 is 0. The number of aliphatic hydroxyl groups is 1. The molecule has 0 saturated heterocycles. The number of rotatable bonds is 6. The molecule has 4 rings (SSSR count). The van der Waals surface area contributed by atoms with Crippen LogP contribution in [0.5, 0.6) is 0 Å². The van der Waals surface area contributed by atoms with E-state index in [1.807, 2.05) is 31.2 Å². The largest absolute Gasteiger partial charge is 0.391 e. The number of hydrogen-bond donors (Lipinski definition) is 3. The van der Waals surface area contributed by atoms with E-state index in [2.05, 4.69) is 25.6 Å². The fourth-order valence-corrected chi connectivity index (χ4v) is 3.84. The van der Waals surface area contributed by atoms with E-state index in [9.17, 15) is 9.90 Å². The maximum absolute atomic E-state index is 12.7. The minimum absolute atomic E-state index is 0.142. The number of aryl methyl sites for hydroxylation is 1. The van der Waals surface area contributed by atoms with E-state index in [4.69, 9.17) is 0 Å². The number of amides is 1. The number of anilines is 1. The highest BCUT2D eigenvalue weighted by Gasteiger charge is 2.25. The normalized spacial score (nSPS) is 18.4. The Hall–Kier alpha value is -3.32. The average molecular weight is 418 g/mol. The molecule has 1 aliphatic rings. The van der Waals surface area contributed by atoms with Crippen LogP contribution in [0.15, 0.2) is 55.1 Å². The van der Waals surface area contributed by atoms with Crippen LogP contribution in [-0.2, 0) is 6.54 Å². The highest BCUT2D eigenvalue weighted by molar-refractivity contribution is 5.94. The summed E-state index contributed by atoms with van der Waals surface area (Å²) in [5.74, 6) is 0.482. The number of aromatic nitrogens is 3. The molecule has 1 amide bonds.